The molecule has 0 aromatic heterocycles. The molecular weight excluding hydrogens is 378 g/mol. The predicted molar refractivity (Wildman–Crippen MR) is 120 cm³/mol. The molecule has 3 atom stereocenters. The molecule has 1 N–H and O–H groups in total. The Morgan fingerprint density at radius 2 is 1.79 bits per heavy atom. The van der Waals surface area contributed by atoms with Gasteiger partial charge in [-0.05, 0) is 66.3 Å². The van der Waals surface area contributed by atoms with Crippen LogP contribution in [0.3, 0.4) is 0 Å². The number of hydrogen-bond donors (Lipinski definition) is 1. The molecule has 0 bridgehead atoms. The Balaban J connectivity index is 1.33. The van der Waals surface area contributed by atoms with Crippen molar-refractivity contribution in [2.75, 3.05) is 5.32 Å². The maximum atomic E-state index is 6.25. The van der Waals surface area contributed by atoms with Gasteiger partial charge >= 0.3 is 0 Å². The van der Waals surface area contributed by atoms with E-state index in [0.717, 1.165) is 17.2 Å². The van der Waals surface area contributed by atoms with E-state index in [0.29, 0.717) is 18.4 Å². The molecule has 1 heterocycles. The standard InChI is InChI=1S/C26H24ClNO/c1-17-5-7-18(8-6-17)16-29-21-12-9-19(10-13-21)26-23-4-2-3-22(23)24-15-20(27)11-14-25(24)28-26/h2-3,5-15,22-23,26,28H,4,16H2,1H3/t22-,23+,26+/m1/s1. The fourth-order valence-electron chi connectivity index (χ4n) is 4.52. The van der Waals surface area contributed by atoms with Gasteiger partial charge in [-0.1, -0.05) is 65.7 Å². The molecule has 29 heavy (non-hydrogen) atoms. The van der Waals surface area contributed by atoms with E-state index in [4.69, 9.17) is 16.3 Å². The number of allylic oxidation sites excluding steroid dienone is 2. The Morgan fingerprint density at radius 1 is 1.00 bits per heavy atom. The van der Waals surface area contributed by atoms with Crippen LogP contribution in [0.25, 0.3) is 0 Å². The van der Waals surface area contributed by atoms with Crippen molar-refractivity contribution in [2.24, 2.45) is 5.92 Å². The van der Waals surface area contributed by atoms with E-state index in [-0.39, 0.29) is 6.04 Å². The van der Waals surface area contributed by atoms with E-state index in [1.54, 1.807) is 0 Å². The number of fused-ring (bicyclic) bond motifs is 3. The molecule has 2 nitrogen and oxygen atoms in total. The van der Waals surface area contributed by atoms with Gasteiger partial charge in [0.2, 0.25) is 0 Å². The van der Waals surface area contributed by atoms with Crippen LogP contribution in [0.1, 0.15) is 40.6 Å². The van der Waals surface area contributed by atoms with E-state index in [2.05, 4.69) is 85.1 Å². The summed E-state index contributed by atoms with van der Waals surface area (Å²) >= 11 is 6.25. The molecule has 3 heteroatoms. The maximum Gasteiger partial charge on any atom is 0.119 e. The van der Waals surface area contributed by atoms with Crippen molar-refractivity contribution < 1.29 is 4.74 Å². The smallest absolute Gasteiger partial charge is 0.119 e. The van der Waals surface area contributed by atoms with Crippen molar-refractivity contribution in [3.63, 3.8) is 0 Å². The molecule has 146 valence electrons. The Morgan fingerprint density at radius 3 is 2.59 bits per heavy atom. The van der Waals surface area contributed by atoms with Gasteiger partial charge in [0, 0.05) is 16.6 Å². The van der Waals surface area contributed by atoms with E-state index in [1.807, 2.05) is 6.07 Å². The highest BCUT2D eigenvalue weighted by atomic mass is 35.5. The van der Waals surface area contributed by atoms with Gasteiger partial charge in [0.1, 0.15) is 12.4 Å². The Labute approximate surface area is 177 Å². The largest absolute Gasteiger partial charge is 0.489 e. The van der Waals surface area contributed by atoms with Crippen LogP contribution in [-0.2, 0) is 6.61 Å². The molecule has 1 aliphatic heterocycles. The Hall–Kier alpha value is -2.71. The molecule has 0 spiro atoms. The van der Waals surface area contributed by atoms with Crippen LogP contribution in [0.4, 0.5) is 5.69 Å². The van der Waals surface area contributed by atoms with Crippen molar-refractivity contribution in [1.82, 2.24) is 0 Å². The summed E-state index contributed by atoms with van der Waals surface area (Å²) in [5.41, 5.74) is 6.25. The van der Waals surface area contributed by atoms with Crippen LogP contribution in [0.15, 0.2) is 78.9 Å². The van der Waals surface area contributed by atoms with E-state index in [9.17, 15) is 0 Å². The molecule has 3 aromatic rings. The van der Waals surface area contributed by atoms with Crippen LogP contribution in [0.2, 0.25) is 5.02 Å². The van der Waals surface area contributed by atoms with Crippen LogP contribution in [-0.4, -0.2) is 0 Å². The average Bonchev–Trinajstić information content (AvgIpc) is 3.24. The van der Waals surface area contributed by atoms with Crippen LogP contribution in [0, 0.1) is 12.8 Å². The summed E-state index contributed by atoms with van der Waals surface area (Å²) in [5, 5.41) is 4.56. The lowest BCUT2D eigenvalue weighted by Gasteiger charge is -2.37. The number of ether oxygens (including phenoxy) is 1. The molecule has 3 aromatic carbocycles. The number of halogens is 1. The zero-order valence-corrected chi connectivity index (χ0v) is 17.2. The number of nitrogens with one attached hydrogen (secondary N) is 1. The molecule has 0 fully saturated rings. The number of aryl methyl sites for hydroxylation is 1. The fraction of sp³-hybridized carbons (Fsp3) is 0.231. The lowest BCUT2D eigenvalue weighted by molar-refractivity contribution is 0.306. The summed E-state index contributed by atoms with van der Waals surface area (Å²) in [6.07, 6.45) is 5.73. The molecule has 2 aliphatic rings. The van der Waals surface area contributed by atoms with Crippen molar-refractivity contribution >= 4 is 17.3 Å². The molecule has 0 saturated heterocycles. The third kappa shape index (κ3) is 3.65. The molecule has 0 unspecified atom stereocenters. The first-order valence-corrected chi connectivity index (χ1v) is 10.6. The quantitative estimate of drug-likeness (QED) is 0.472. The summed E-state index contributed by atoms with van der Waals surface area (Å²) in [6.45, 7) is 2.68. The third-order valence-corrected chi connectivity index (χ3v) is 6.33. The minimum absolute atomic E-state index is 0.287. The highest BCUT2D eigenvalue weighted by Gasteiger charge is 2.37. The van der Waals surface area contributed by atoms with Crippen molar-refractivity contribution in [1.29, 1.82) is 0 Å². The van der Waals surface area contributed by atoms with Crippen molar-refractivity contribution in [3.05, 3.63) is 106 Å². The second kappa shape index (κ2) is 7.61. The van der Waals surface area contributed by atoms with E-state index >= 15 is 0 Å². The number of rotatable bonds is 4. The first kappa shape index (κ1) is 18.3. The third-order valence-electron chi connectivity index (χ3n) is 6.09. The van der Waals surface area contributed by atoms with Gasteiger partial charge in [-0.15, -0.1) is 0 Å². The highest BCUT2D eigenvalue weighted by Crippen LogP contribution is 2.50. The second-order valence-corrected chi connectivity index (χ2v) is 8.49. The monoisotopic (exact) mass is 401 g/mol. The lowest BCUT2D eigenvalue weighted by Crippen LogP contribution is -2.29. The molecule has 0 amide bonds. The SMILES string of the molecule is Cc1ccc(COc2ccc([C@@H]3Nc4ccc(Cl)cc4[C@@H]4C=CC[C@@H]43)cc2)cc1. The van der Waals surface area contributed by atoms with Crippen LogP contribution >= 0.6 is 11.6 Å². The van der Waals surface area contributed by atoms with Crippen molar-refractivity contribution in [3.8, 4) is 5.75 Å². The highest BCUT2D eigenvalue weighted by molar-refractivity contribution is 6.30. The molecular formula is C26H24ClNO. The maximum absolute atomic E-state index is 6.25. The van der Waals surface area contributed by atoms with Crippen LogP contribution < -0.4 is 10.1 Å². The van der Waals surface area contributed by atoms with Gasteiger partial charge < -0.3 is 10.1 Å². The van der Waals surface area contributed by atoms with Gasteiger partial charge in [0.15, 0.2) is 0 Å². The van der Waals surface area contributed by atoms with E-state index in [1.165, 1.54) is 27.9 Å². The second-order valence-electron chi connectivity index (χ2n) is 8.05. The lowest BCUT2D eigenvalue weighted by atomic mass is 9.77. The summed E-state index contributed by atoms with van der Waals surface area (Å²) in [4.78, 5) is 0. The zero-order valence-electron chi connectivity index (χ0n) is 16.4. The summed E-state index contributed by atoms with van der Waals surface area (Å²) in [6, 6.07) is 23.5. The summed E-state index contributed by atoms with van der Waals surface area (Å²) in [7, 11) is 0. The van der Waals surface area contributed by atoms with Gasteiger partial charge in [0.25, 0.3) is 0 Å². The summed E-state index contributed by atoms with van der Waals surface area (Å²) < 4.78 is 5.98. The number of benzene rings is 3. The molecule has 0 radical (unpaired) electrons. The Kier molecular flexibility index (Phi) is 4.81. The Bertz CT molecular complexity index is 1040. The van der Waals surface area contributed by atoms with Gasteiger partial charge in [0.05, 0.1) is 6.04 Å². The zero-order chi connectivity index (χ0) is 19.8. The fourth-order valence-corrected chi connectivity index (χ4v) is 4.70. The minimum atomic E-state index is 0.287. The normalized spacial score (nSPS) is 21.9. The molecule has 5 rings (SSSR count). The van der Waals surface area contributed by atoms with Gasteiger partial charge in [-0.3, -0.25) is 0 Å². The average molecular weight is 402 g/mol. The molecule has 1 aliphatic carbocycles. The first-order valence-electron chi connectivity index (χ1n) is 10.2. The first-order chi connectivity index (χ1) is 14.2. The van der Waals surface area contributed by atoms with Gasteiger partial charge in [-0.25, -0.2) is 0 Å². The topological polar surface area (TPSA) is 21.3 Å². The minimum Gasteiger partial charge on any atom is -0.489 e. The van der Waals surface area contributed by atoms with Crippen molar-refractivity contribution in [2.45, 2.75) is 31.9 Å². The van der Waals surface area contributed by atoms with Gasteiger partial charge in [-0.2, -0.15) is 0 Å². The molecule has 0 saturated carbocycles. The predicted octanol–water partition coefficient (Wildman–Crippen LogP) is 7.05. The summed E-state index contributed by atoms with van der Waals surface area (Å²) in [5.74, 6) is 1.84. The number of anilines is 1. The van der Waals surface area contributed by atoms with E-state index < -0.39 is 0 Å². The van der Waals surface area contributed by atoms with Crippen LogP contribution in [0.5, 0.6) is 5.75 Å². The number of hydrogen-bond acceptors (Lipinski definition) is 2.